The van der Waals surface area contributed by atoms with Crippen LogP contribution >= 0.6 is 0 Å². The van der Waals surface area contributed by atoms with Gasteiger partial charge in [-0.3, -0.25) is 9.59 Å². The van der Waals surface area contributed by atoms with Gasteiger partial charge in [-0.05, 0) is 6.07 Å². The van der Waals surface area contributed by atoms with Gasteiger partial charge >= 0.3 is 0 Å². The number of carbonyl (C=O) groups excluding carboxylic acids is 1. The summed E-state index contributed by atoms with van der Waals surface area (Å²) in [6.07, 6.45) is 4.55. The van der Waals surface area contributed by atoms with Crippen molar-refractivity contribution in [2.75, 3.05) is 0 Å². The first kappa shape index (κ1) is 10.2. The maximum absolute atomic E-state index is 11.6. The Hall–Kier alpha value is -2.37. The number of carbonyl (C=O) groups is 1. The van der Waals surface area contributed by atoms with Gasteiger partial charge in [-0.1, -0.05) is 0 Å². The van der Waals surface area contributed by atoms with Gasteiger partial charge in [0.25, 0.3) is 5.91 Å². The Bertz CT molecular complexity index is 510. The molecule has 0 radical (unpaired) electrons. The molecular formula is C10H10N4O2. The van der Waals surface area contributed by atoms with Gasteiger partial charge in [-0.15, -0.1) is 0 Å². The summed E-state index contributed by atoms with van der Waals surface area (Å²) in [7, 11) is 0. The Morgan fingerprint density at radius 1 is 1.38 bits per heavy atom. The zero-order valence-corrected chi connectivity index (χ0v) is 8.36. The van der Waals surface area contributed by atoms with Crippen molar-refractivity contribution in [3.63, 3.8) is 0 Å². The quantitative estimate of drug-likeness (QED) is 0.678. The van der Waals surface area contributed by atoms with E-state index in [9.17, 15) is 9.59 Å². The minimum atomic E-state index is -0.245. The zero-order chi connectivity index (χ0) is 11.4. The van der Waals surface area contributed by atoms with Crippen molar-refractivity contribution in [3.05, 3.63) is 52.5 Å². The van der Waals surface area contributed by atoms with Crippen LogP contribution in [0.2, 0.25) is 0 Å². The van der Waals surface area contributed by atoms with E-state index in [-0.39, 0.29) is 11.5 Å². The van der Waals surface area contributed by atoms with E-state index in [1.54, 1.807) is 12.5 Å². The predicted molar refractivity (Wildman–Crippen MR) is 56.8 cm³/mol. The minimum absolute atomic E-state index is 0.231. The van der Waals surface area contributed by atoms with Gasteiger partial charge in [-0.25, -0.2) is 4.98 Å². The average molecular weight is 218 g/mol. The van der Waals surface area contributed by atoms with Crippen LogP contribution < -0.4 is 10.9 Å². The standard InChI is InChI=1S/C10H10N4O2/c15-9-2-1-7(3-12-9)10(16)13-5-8-4-11-6-14-8/h1-4,6H,5H2,(H,11,14)(H,12,15)(H,13,16). The largest absolute Gasteiger partial charge is 0.347 e. The fourth-order valence-corrected chi connectivity index (χ4v) is 1.21. The summed E-state index contributed by atoms with van der Waals surface area (Å²) < 4.78 is 0. The second-order valence-electron chi connectivity index (χ2n) is 3.20. The number of nitrogens with one attached hydrogen (secondary N) is 3. The Morgan fingerprint density at radius 2 is 2.25 bits per heavy atom. The lowest BCUT2D eigenvalue weighted by molar-refractivity contribution is 0.0950. The van der Waals surface area contributed by atoms with E-state index in [0.29, 0.717) is 12.1 Å². The number of imidazole rings is 1. The van der Waals surface area contributed by atoms with Crippen molar-refractivity contribution >= 4 is 5.91 Å². The number of aromatic nitrogens is 3. The molecule has 3 N–H and O–H groups in total. The molecule has 1 amide bonds. The highest BCUT2D eigenvalue weighted by atomic mass is 16.1. The molecule has 0 bridgehead atoms. The maximum Gasteiger partial charge on any atom is 0.253 e. The van der Waals surface area contributed by atoms with Crippen LogP contribution in [-0.4, -0.2) is 20.9 Å². The third-order valence-electron chi connectivity index (χ3n) is 2.04. The topological polar surface area (TPSA) is 90.6 Å². The molecule has 0 aromatic carbocycles. The van der Waals surface area contributed by atoms with E-state index >= 15 is 0 Å². The summed E-state index contributed by atoms with van der Waals surface area (Å²) in [4.78, 5) is 31.5. The molecule has 0 aliphatic carbocycles. The smallest absolute Gasteiger partial charge is 0.253 e. The van der Waals surface area contributed by atoms with Gasteiger partial charge in [0.05, 0.1) is 24.1 Å². The number of aromatic amines is 2. The highest BCUT2D eigenvalue weighted by molar-refractivity contribution is 5.93. The average Bonchev–Trinajstić information content (AvgIpc) is 2.80. The Morgan fingerprint density at radius 3 is 2.88 bits per heavy atom. The van der Waals surface area contributed by atoms with Gasteiger partial charge in [0.1, 0.15) is 0 Å². The molecule has 0 fully saturated rings. The molecule has 0 saturated carbocycles. The normalized spacial score (nSPS) is 10.0. The van der Waals surface area contributed by atoms with Gasteiger partial charge in [0.2, 0.25) is 5.56 Å². The minimum Gasteiger partial charge on any atom is -0.347 e. The maximum atomic E-state index is 11.6. The van der Waals surface area contributed by atoms with Crippen LogP contribution in [0.4, 0.5) is 0 Å². The van der Waals surface area contributed by atoms with E-state index in [0.717, 1.165) is 5.69 Å². The molecule has 6 heteroatoms. The van der Waals surface area contributed by atoms with Crippen molar-refractivity contribution < 1.29 is 4.79 Å². The van der Waals surface area contributed by atoms with E-state index in [1.807, 2.05) is 0 Å². The van der Waals surface area contributed by atoms with Crippen molar-refractivity contribution in [1.29, 1.82) is 0 Å². The third-order valence-corrected chi connectivity index (χ3v) is 2.04. The van der Waals surface area contributed by atoms with Crippen LogP contribution in [-0.2, 0) is 6.54 Å². The van der Waals surface area contributed by atoms with E-state index in [1.165, 1.54) is 18.3 Å². The highest BCUT2D eigenvalue weighted by Gasteiger charge is 2.04. The van der Waals surface area contributed by atoms with Gasteiger partial charge in [-0.2, -0.15) is 0 Å². The number of rotatable bonds is 3. The van der Waals surface area contributed by atoms with Crippen LogP contribution in [0.25, 0.3) is 0 Å². The van der Waals surface area contributed by atoms with Crippen molar-refractivity contribution in [2.24, 2.45) is 0 Å². The van der Waals surface area contributed by atoms with E-state index < -0.39 is 0 Å². The monoisotopic (exact) mass is 218 g/mol. The summed E-state index contributed by atoms with van der Waals surface area (Å²) >= 11 is 0. The fraction of sp³-hybridized carbons (Fsp3) is 0.100. The van der Waals surface area contributed by atoms with Crippen LogP contribution in [0, 0.1) is 0 Å². The summed E-state index contributed by atoms with van der Waals surface area (Å²) in [6.45, 7) is 0.373. The number of amides is 1. The lowest BCUT2D eigenvalue weighted by atomic mass is 10.2. The molecule has 0 aliphatic rings. The number of H-pyrrole nitrogens is 2. The summed E-state index contributed by atoms with van der Waals surface area (Å²) in [6, 6.07) is 2.78. The molecule has 82 valence electrons. The van der Waals surface area contributed by atoms with Crippen LogP contribution in [0.5, 0.6) is 0 Å². The van der Waals surface area contributed by atoms with Gasteiger partial charge < -0.3 is 15.3 Å². The number of hydrogen-bond donors (Lipinski definition) is 3. The lowest BCUT2D eigenvalue weighted by Crippen LogP contribution is -2.23. The van der Waals surface area contributed by atoms with Crippen molar-refractivity contribution in [3.8, 4) is 0 Å². The first-order chi connectivity index (χ1) is 7.75. The highest BCUT2D eigenvalue weighted by Crippen LogP contribution is 1.95. The first-order valence-corrected chi connectivity index (χ1v) is 4.70. The molecule has 0 aliphatic heterocycles. The molecule has 2 heterocycles. The second kappa shape index (κ2) is 4.43. The van der Waals surface area contributed by atoms with E-state index in [4.69, 9.17) is 0 Å². The third kappa shape index (κ3) is 2.35. The molecule has 2 rings (SSSR count). The Labute approximate surface area is 90.7 Å². The second-order valence-corrected chi connectivity index (χ2v) is 3.20. The molecule has 0 unspecified atom stereocenters. The van der Waals surface area contributed by atoms with Gasteiger partial charge in [0.15, 0.2) is 0 Å². The number of nitrogens with zero attached hydrogens (tertiary/aromatic N) is 1. The zero-order valence-electron chi connectivity index (χ0n) is 8.36. The number of pyridine rings is 1. The first-order valence-electron chi connectivity index (χ1n) is 4.70. The molecule has 2 aromatic heterocycles. The molecule has 16 heavy (non-hydrogen) atoms. The molecule has 2 aromatic rings. The molecular weight excluding hydrogens is 208 g/mol. The Balaban J connectivity index is 1.98. The van der Waals surface area contributed by atoms with Crippen LogP contribution in [0.1, 0.15) is 16.1 Å². The SMILES string of the molecule is O=C(NCc1cnc[nH]1)c1ccc(=O)[nH]c1. The lowest BCUT2D eigenvalue weighted by Gasteiger charge is -2.02. The van der Waals surface area contributed by atoms with Crippen LogP contribution in [0.15, 0.2) is 35.6 Å². The van der Waals surface area contributed by atoms with Crippen LogP contribution in [0.3, 0.4) is 0 Å². The predicted octanol–water partition coefficient (Wildman–Crippen LogP) is 0.0280. The molecule has 0 atom stereocenters. The number of hydrogen-bond acceptors (Lipinski definition) is 3. The van der Waals surface area contributed by atoms with E-state index in [2.05, 4.69) is 20.3 Å². The summed E-state index contributed by atoms with van der Waals surface area (Å²) in [5.41, 5.74) is 1.00. The molecule has 0 saturated heterocycles. The molecule has 0 spiro atoms. The fourth-order valence-electron chi connectivity index (χ4n) is 1.21. The Kier molecular flexibility index (Phi) is 2.81. The van der Waals surface area contributed by atoms with Crippen molar-refractivity contribution in [1.82, 2.24) is 20.3 Å². The van der Waals surface area contributed by atoms with Gasteiger partial charge in [0, 0.05) is 18.5 Å². The van der Waals surface area contributed by atoms with Crippen molar-refractivity contribution in [2.45, 2.75) is 6.54 Å². The summed E-state index contributed by atoms with van der Waals surface area (Å²) in [5.74, 6) is -0.245. The molecule has 6 nitrogen and oxygen atoms in total. The summed E-state index contributed by atoms with van der Waals surface area (Å²) in [5, 5.41) is 2.69.